The average molecular weight is 243 g/mol. The zero-order valence-electron chi connectivity index (χ0n) is 9.93. The molecule has 0 spiro atoms. The van der Waals surface area contributed by atoms with E-state index in [-0.39, 0.29) is 17.5 Å². The molecule has 1 nitrogen and oxygen atoms in total. The lowest BCUT2D eigenvalue weighted by molar-refractivity contribution is 0.418. The van der Waals surface area contributed by atoms with E-state index in [4.69, 9.17) is 0 Å². The fourth-order valence-electron chi connectivity index (χ4n) is 1.93. The Bertz CT molecular complexity index is 415. The van der Waals surface area contributed by atoms with Crippen molar-refractivity contribution in [3.8, 4) is 0 Å². The summed E-state index contributed by atoms with van der Waals surface area (Å²) in [6.07, 6.45) is 2.27. The van der Waals surface area contributed by atoms with Crippen LogP contribution in [-0.4, -0.2) is 12.1 Å². The molecular weight excluding hydrogens is 227 g/mol. The van der Waals surface area contributed by atoms with Gasteiger partial charge < -0.3 is 5.32 Å². The first kappa shape index (κ1) is 12.4. The second kappa shape index (κ2) is 4.69. The molecule has 1 fully saturated rings. The van der Waals surface area contributed by atoms with Crippen LogP contribution in [0, 0.1) is 17.5 Å². The van der Waals surface area contributed by atoms with Crippen LogP contribution in [0.1, 0.15) is 38.2 Å². The zero-order chi connectivity index (χ0) is 12.6. The lowest BCUT2D eigenvalue weighted by atomic mass is 9.93. The van der Waals surface area contributed by atoms with Gasteiger partial charge in [-0.25, -0.2) is 13.2 Å². The third-order valence-corrected chi connectivity index (χ3v) is 3.38. The predicted molar refractivity (Wildman–Crippen MR) is 60.4 cm³/mol. The summed E-state index contributed by atoms with van der Waals surface area (Å²) >= 11 is 0. The second-order valence-corrected chi connectivity index (χ2v) is 4.78. The number of halogens is 3. The van der Waals surface area contributed by atoms with Crippen molar-refractivity contribution in [1.82, 2.24) is 5.32 Å². The van der Waals surface area contributed by atoms with Gasteiger partial charge in [-0.1, -0.05) is 13.0 Å². The van der Waals surface area contributed by atoms with Gasteiger partial charge in [0, 0.05) is 12.1 Å². The first-order valence-corrected chi connectivity index (χ1v) is 5.90. The average Bonchev–Trinajstić information content (AvgIpc) is 3.09. The van der Waals surface area contributed by atoms with E-state index in [1.807, 2.05) is 13.8 Å². The SMILES string of the molecule is CC(NC1CC1)C(C)c1ccc(F)c(F)c1F. The summed E-state index contributed by atoms with van der Waals surface area (Å²) in [7, 11) is 0. The van der Waals surface area contributed by atoms with Crippen LogP contribution < -0.4 is 5.32 Å². The minimum atomic E-state index is -1.38. The van der Waals surface area contributed by atoms with Crippen LogP contribution in [0.5, 0.6) is 0 Å². The molecule has 2 unspecified atom stereocenters. The van der Waals surface area contributed by atoms with Crippen LogP contribution in [-0.2, 0) is 0 Å². The van der Waals surface area contributed by atoms with E-state index < -0.39 is 17.5 Å². The molecule has 0 bridgehead atoms. The Kier molecular flexibility index (Phi) is 3.43. The van der Waals surface area contributed by atoms with Crippen LogP contribution in [0.15, 0.2) is 12.1 Å². The fourth-order valence-corrected chi connectivity index (χ4v) is 1.93. The summed E-state index contributed by atoms with van der Waals surface area (Å²) in [5.74, 6) is -3.78. The van der Waals surface area contributed by atoms with Gasteiger partial charge in [0.1, 0.15) is 0 Å². The Morgan fingerprint density at radius 3 is 2.35 bits per heavy atom. The predicted octanol–water partition coefficient (Wildman–Crippen LogP) is 3.35. The minimum Gasteiger partial charge on any atom is -0.311 e. The first-order chi connectivity index (χ1) is 8.00. The van der Waals surface area contributed by atoms with Crippen molar-refractivity contribution in [2.75, 3.05) is 0 Å². The van der Waals surface area contributed by atoms with Gasteiger partial charge in [0.2, 0.25) is 0 Å². The van der Waals surface area contributed by atoms with Gasteiger partial charge in [0.15, 0.2) is 17.5 Å². The highest BCUT2D eigenvalue weighted by Crippen LogP contribution is 2.28. The molecule has 17 heavy (non-hydrogen) atoms. The van der Waals surface area contributed by atoms with Crippen molar-refractivity contribution in [1.29, 1.82) is 0 Å². The highest BCUT2D eigenvalue weighted by molar-refractivity contribution is 5.25. The van der Waals surface area contributed by atoms with E-state index in [0.29, 0.717) is 6.04 Å². The standard InChI is InChI=1S/C13H16F3N/c1-7(8(2)17-9-3-4-9)10-5-6-11(14)13(16)12(10)15/h5-9,17H,3-4H2,1-2H3. The van der Waals surface area contributed by atoms with Gasteiger partial charge in [0.25, 0.3) is 0 Å². The molecular formula is C13H16F3N. The molecule has 94 valence electrons. The maximum Gasteiger partial charge on any atom is 0.194 e. The molecule has 1 saturated carbocycles. The van der Waals surface area contributed by atoms with Crippen LogP contribution in [0.25, 0.3) is 0 Å². The molecule has 1 aliphatic carbocycles. The second-order valence-electron chi connectivity index (χ2n) is 4.78. The molecule has 0 heterocycles. The minimum absolute atomic E-state index is 0.0434. The molecule has 2 rings (SSSR count). The van der Waals surface area contributed by atoms with Crippen molar-refractivity contribution in [3.05, 3.63) is 35.1 Å². The molecule has 2 atom stereocenters. The summed E-state index contributed by atoms with van der Waals surface area (Å²) in [6.45, 7) is 3.75. The summed E-state index contributed by atoms with van der Waals surface area (Å²) in [6, 6.07) is 2.85. The highest BCUT2D eigenvalue weighted by atomic mass is 19.2. The van der Waals surface area contributed by atoms with E-state index in [1.54, 1.807) is 0 Å². The Balaban J connectivity index is 2.17. The summed E-state index contributed by atoms with van der Waals surface area (Å²) < 4.78 is 39.5. The van der Waals surface area contributed by atoms with E-state index in [9.17, 15) is 13.2 Å². The molecule has 0 radical (unpaired) electrons. The third kappa shape index (κ3) is 2.63. The van der Waals surface area contributed by atoms with Crippen molar-refractivity contribution in [2.45, 2.75) is 44.7 Å². The number of benzene rings is 1. The molecule has 0 saturated heterocycles. The quantitative estimate of drug-likeness (QED) is 0.800. The third-order valence-electron chi connectivity index (χ3n) is 3.38. The van der Waals surface area contributed by atoms with Gasteiger partial charge in [-0.3, -0.25) is 0 Å². The fraction of sp³-hybridized carbons (Fsp3) is 0.538. The maximum absolute atomic E-state index is 13.6. The number of hydrogen-bond acceptors (Lipinski definition) is 1. The lowest BCUT2D eigenvalue weighted by Gasteiger charge is -2.22. The Morgan fingerprint density at radius 2 is 1.76 bits per heavy atom. The molecule has 0 amide bonds. The van der Waals surface area contributed by atoms with Crippen LogP contribution in [0.3, 0.4) is 0 Å². The van der Waals surface area contributed by atoms with E-state index in [1.165, 1.54) is 6.07 Å². The monoisotopic (exact) mass is 243 g/mol. The Hall–Kier alpha value is -1.03. The van der Waals surface area contributed by atoms with Crippen LogP contribution in [0.4, 0.5) is 13.2 Å². The van der Waals surface area contributed by atoms with Crippen LogP contribution in [0.2, 0.25) is 0 Å². The highest BCUT2D eigenvalue weighted by Gasteiger charge is 2.27. The van der Waals surface area contributed by atoms with Gasteiger partial charge >= 0.3 is 0 Å². The number of nitrogens with one attached hydrogen (secondary N) is 1. The molecule has 1 N–H and O–H groups in total. The summed E-state index contributed by atoms with van der Waals surface area (Å²) in [5.41, 5.74) is 0.226. The van der Waals surface area contributed by atoms with Crippen LogP contribution >= 0.6 is 0 Å². The van der Waals surface area contributed by atoms with Crippen molar-refractivity contribution >= 4 is 0 Å². The molecule has 1 aromatic carbocycles. The maximum atomic E-state index is 13.6. The molecule has 4 heteroatoms. The number of hydrogen-bond donors (Lipinski definition) is 1. The van der Waals surface area contributed by atoms with Gasteiger partial charge in [-0.05, 0) is 37.3 Å². The van der Waals surface area contributed by atoms with Crippen molar-refractivity contribution < 1.29 is 13.2 Å². The van der Waals surface area contributed by atoms with Gasteiger partial charge in [-0.2, -0.15) is 0 Å². The molecule has 1 aliphatic rings. The number of rotatable bonds is 4. The summed E-state index contributed by atoms with van der Waals surface area (Å²) in [4.78, 5) is 0. The molecule has 1 aromatic rings. The van der Waals surface area contributed by atoms with Gasteiger partial charge in [0.05, 0.1) is 0 Å². The first-order valence-electron chi connectivity index (χ1n) is 5.90. The normalized spacial score (nSPS) is 19.1. The topological polar surface area (TPSA) is 12.0 Å². The Labute approximate surface area is 99.0 Å². The van der Waals surface area contributed by atoms with E-state index >= 15 is 0 Å². The summed E-state index contributed by atoms with van der Waals surface area (Å²) in [5, 5.41) is 3.33. The largest absolute Gasteiger partial charge is 0.311 e. The zero-order valence-corrected chi connectivity index (χ0v) is 9.93. The lowest BCUT2D eigenvalue weighted by Crippen LogP contribution is -2.33. The van der Waals surface area contributed by atoms with E-state index in [2.05, 4.69) is 5.32 Å². The van der Waals surface area contributed by atoms with E-state index in [0.717, 1.165) is 18.9 Å². The molecule has 0 aromatic heterocycles. The smallest absolute Gasteiger partial charge is 0.194 e. The molecule has 0 aliphatic heterocycles. The van der Waals surface area contributed by atoms with Gasteiger partial charge in [-0.15, -0.1) is 0 Å². The van der Waals surface area contributed by atoms with Crippen molar-refractivity contribution in [3.63, 3.8) is 0 Å². The van der Waals surface area contributed by atoms with Crippen molar-refractivity contribution in [2.24, 2.45) is 0 Å². The Morgan fingerprint density at radius 1 is 1.12 bits per heavy atom.